The zero-order chi connectivity index (χ0) is 15.1. The third kappa shape index (κ3) is 4.05. The molecule has 2 unspecified atom stereocenters. The van der Waals surface area contributed by atoms with E-state index in [0.717, 1.165) is 12.3 Å². The number of hydrogen-bond acceptors (Lipinski definition) is 2. The molecule has 0 fully saturated rings. The van der Waals surface area contributed by atoms with E-state index in [1.54, 1.807) is 0 Å². The van der Waals surface area contributed by atoms with Crippen LogP contribution in [0, 0.1) is 5.92 Å². The summed E-state index contributed by atoms with van der Waals surface area (Å²) >= 11 is 0. The van der Waals surface area contributed by atoms with Crippen LogP contribution >= 0.6 is 0 Å². The zero-order valence-corrected chi connectivity index (χ0v) is 13.3. The molecule has 0 bridgehead atoms. The van der Waals surface area contributed by atoms with Crippen molar-refractivity contribution in [3.8, 4) is 0 Å². The van der Waals surface area contributed by atoms with E-state index >= 15 is 0 Å². The summed E-state index contributed by atoms with van der Waals surface area (Å²) in [6, 6.07) is 15.3. The molecule has 2 nitrogen and oxygen atoms in total. The van der Waals surface area contributed by atoms with Gasteiger partial charge in [0.05, 0.1) is 0 Å². The summed E-state index contributed by atoms with van der Waals surface area (Å²) in [4.78, 5) is 0. The maximum Gasteiger partial charge on any atom is 0.0468 e. The molecule has 2 rings (SSSR count). The van der Waals surface area contributed by atoms with Crippen molar-refractivity contribution >= 4 is 10.8 Å². The highest BCUT2D eigenvalue weighted by molar-refractivity contribution is 5.86. The Labute approximate surface area is 128 Å². The standard InChI is InChI=1S/C19H28N2/c1-3-5-9-15(4-2)14-19(21-20)18-13-8-11-16-10-6-7-12-17(16)18/h6-8,10-13,15,19,21H,3-5,9,14,20H2,1-2H3. The summed E-state index contributed by atoms with van der Waals surface area (Å²) in [7, 11) is 0. The molecule has 3 N–H and O–H groups in total. The van der Waals surface area contributed by atoms with E-state index in [2.05, 4.69) is 61.7 Å². The maximum absolute atomic E-state index is 5.88. The first kappa shape index (κ1) is 16.0. The molecule has 0 saturated heterocycles. The topological polar surface area (TPSA) is 38.0 Å². The largest absolute Gasteiger partial charge is 0.271 e. The van der Waals surface area contributed by atoms with Gasteiger partial charge in [-0.15, -0.1) is 0 Å². The van der Waals surface area contributed by atoms with Gasteiger partial charge in [-0.25, -0.2) is 0 Å². The van der Waals surface area contributed by atoms with Gasteiger partial charge in [-0.2, -0.15) is 0 Å². The lowest BCUT2D eigenvalue weighted by atomic mass is 9.88. The third-order valence-corrected chi connectivity index (χ3v) is 4.51. The van der Waals surface area contributed by atoms with Crippen LogP contribution in [0.1, 0.15) is 57.6 Å². The van der Waals surface area contributed by atoms with E-state index in [1.807, 2.05) is 0 Å². The van der Waals surface area contributed by atoms with E-state index in [1.165, 1.54) is 42.0 Å². The highest BCUT2D eigenvalue weighted by Gasteiger charge is 2.17. The van der Waals surface area contributed by atoms with Crippen molar-refractivity contribution in [2.24, 2.45) is 11.8 Å². The lowest BCUT2D eigenvalue weighted by Crippen LogP contribution is -2.29. The van der Waals surface area contributed by atoms with Gasteiger partial charge in [-0.3, -0.25) is 11.3 Å². The van der Waals surface area contributed by atoms with Crippen LogP contribution in [0.3, 0.4) is 0 Å². The van der Waals surface area contributed by atoms with Crippen LogP contribution in [0.4, 0.5) is 0 Å². The Morgan fingerprint density at radius 2 is 1.81 bits per heavy atom. The molecule has 0 radical (unpaired) electrons. The smallest absolute Gasteiger partial charge is 0.0468 e. The second-order valence-corrected chi connectivity index (χ2v) is 5.94. The average molecular weight is 284 g/mol. The number of nitrogens with two attached hydrogens (primary N) is 1. The molecule has 0 amide bonds. The van der Waals surface area contributed by atoms with E-state index in [-0.39, 0.29) is 6.04 Å². The van der Waals surface area contributed by atoms with Gasteiger partial charge in [-0.05, 0) is 28.7 Å². The Morgan fingerprint density at radius 1 is 1.05 bits per heavy atom. The van der Waals surface area contributed by atoms with Crippen LogP contribution in [-0.4, -0.2) is 0 Å². The lowest BCUT2D eigenvalue weighted by molar-refractivity contribution is 0.357. The average Bonchev–Trinajstić information content (AvgIpc) is 2.55. The quantitative estimate of drug-likeness (QED) is 0.531. The van der Waals surface area contributed by atoms with Crippen LogP contribution < -0.4 is 11.3 Å². The number of unbranched alkanes of at least 4 members (excludes halogenated alkanes) is 1. The van der Waals surface area contributed by atoms with Crippen molar-refractivity contribution in [3.05, 3.63) is 48.0 Å². The summed E-state index contributed by atoms with van der Waals surface area (Å²) in [5.74, 6) is 6.62. The fourth-order valence-electron chi connectivity index (χ4n) is 3.15. The summed E-state index contributed by atoms with van der Waals surface area (Å²) < 4.78 is 0. The highest BCUT2D eigenvalue weighted by atomic mass is 15.2. The maximum atomic E-state index is 5.88. The first-order valence-electron chi connectivity index (χ1n) is 8.23. The monoisotopic (exact) mass is 284 g/mol. The molecular formula is C19H28N2. The molecule has 2 heteroatoms. The van der Waals surface area contributed by atoms with Crippen LogP contribution in [0.15, 0.2) is 42.5 Å². The molecule has 2 aromatic carbocycles. The third-order valence-electron chi connectivity index (χ3n) is 4.51. The molecule has 21 heavy (non-hydrogen) atoms. The van der Waals surface area contributed by atoms with E-state index in [0.29, 0.717) is 0 Å². The van der Waals surface area contributed by atoms with Crippen LogP contribution in [0.2, 0.25) is 0 Å². The van der Waals surface area contributed by atoms with Gasteiger partial charge in [0.1, 0.15) is 0 Å². The van der Waals surface area contributed by atoms with Crippen LogP contribution in [-0.2, 0) is 0 Å². The molecule has 2 atom stereocenters. The summed E-state index contributed by atoms with van der Waals surface area (Å²) in [5.41, 5.74) is 4.38. The van der Waals surface area contributed by atoms with Crippen molar-refractivity contribution in [2.45, 2.75) is 52.0 Å². The van der Waals surface area contributed by atoms with Crippen molar-refractivity contribution in [2.75, 3.05) is 0 Å². The predicted molar refractivity (Wildman–Crippen MR) is 91.9 cm³/mol. The van der Waals surface area contributed by atoms with E-state index < -0.39 is 0 Å². The summed E-state index contributed by atoms with van der Waals surface area (Å²) in [5, 5.41) is 2.60. The molecular weight excluding hydrogens is 256 g/mol. The lowest BCUT2D eigenvalue weighted by Gasteiger charge is -2.23. The Hall–Kier alpha value is -1.38. The predicted octanol–water partition coefficient (Wildman–Crippen LogP) is 4.95. The molecule has 0 aliphatic rings. The minimum absolute atomic E-state index is 0.234. The molecule has 0 aliphatic heterocycles. The SMILES string of the molecule is CCCCC(CC)CC(NN)c1cccc2ccccc12. The number of nitrogens with one attached hydrogen (secondary N) is 1. The number of rotatable bonds is 8. The van der Waals surface area contributed by atoms with Crippen molar-refractivity contribution in [1.29, 1.82) is 0 Å². The molecule has 114 valence electrons. The summed E-state index contributed by atoms with van der Waals surface area (Å²) in [6.45, 7) is 4.55. The summed E-state index contributed by atoms with van der Waals surface area (Å²) in [6.07, 6.45) is 6.22. The Kier molecular flexibility index (Phi) is 6.21. The molecule has 0 heterocycles. The molecule has 0 aliphatic carbocycles. The second-order valence-electron chi connectivity index (χ2n) is 5.94. The minimum Gasteiger partial charge on any atom is -0.271 e. The molecule has 0 aromatic heterocycles. The molecule has 0 spiro atoms. The first-order chi connectivity index (χ1) is 10.3. The Bertz CT molecular complexity index is 545. The van der Waals surface area contributed by atoms with Gasteiger partial charge in [0.25, 0.3) is 0 Å². The minimum atomic E-state index is 0.234. The second kappa shape index (κ2) is 8.16. The molecule has 0 saturated carbocycles. The molecule has 2 aromatic rings. The van der Waals surface area contributed by atoms with Gasteiger partial charge in [0.2, 0.25) is 0 Å². The van der Waals surface area contributed by atoms with E-state index in [4.69, 9.17) is 5.84 Å². The van der Waals surface area contributed by atoms with Gasteiger partial charge in [0.15, 0.2) is 0 Å². The van der Waals surface area contributed by atoms with Gasteiger partial charge < -0.3 is 0 Å². The van der Waals surface area contributed by atoms with Crippen molar-refractivity contribution in [3.63, 3.8) is 0 Å². The van der Waals surface area contributed by atoms with Crippen molar-refractivity contribution < 1.29 is 0 Å². The number of hydrazine groups is 1. The van der Waals surface area contributed by atoms with Gasteiger partial charge >= 0.3 is 0 Å². The fraction of sp³-hybridized carbons (Fsp3) is 0.474. The van der Waals surface area contributed by atoms with Crippen molar-refractivity contribution in [1.82, 2.24) is 5.43 Å². The first-order valence-corrected chi connectivity index (χ1v) is 8.23. The van der Waals surface area contributed by atoms with Gasteiger partial charge in [-0.1, -0.05) is 82.0 Å². The number of benzene rings is 2. The van der Waals surface area contributed by atoms with E-state index in [9.17, 15) is 0 Å². The fourth-order valence-corrected chi connectivity index (χ4v) is 3.15. The zero-order valence-electron chi connectivity index (χ0n) is 13.3. The van der Waals surface area contributed by atoms with Crippen LogP contribution in [0.25, 0.3) is 10.8 Å². The Morgan fingerprint density at radius 3 is 2.52 bits per heavy atom. The van der Waals surface area contributed by atoms with Crippen LogP contribution in [0.5, 0.6) is 0 Å². The number of hydrogen-bond donors (Lipinski definition) is 2. The number of fused-ring (bicyclic) bond motifs is 1. The van der Waals surface area contributed by atoms with Gasteiger partial charge in [0, 0.05) is 6.04 Å². The highest BCUT2D eigenvalue weighted by Crippen LogP contribution is 2.30. The normalized spacial score (nSPS) is 14.2. The Balaban J connectivity index is 2.22.